The third-order valence-corrected chi connectivity index (χ3v) is 6.88. The van der Waals surface area contributed by atoms with Crippen molar-refractivity contribution in [3.8, 4) is 22.5 Å². The predicted octanol–water partition coefficient (Wildman–Crippen LogP) is 9.34. The van der Waals surface area contributed by atoms with Crippen molar-refractivity contribution in [2.24, 2.45) is 0 Å². The number of furan rings is 1. The average molecular weight is 727 g/mol. The molecule has 0 N–H and O–H groups in total. The average Bonchev–Trinajstić information content (AvgIpc) is 3.37. The van der Waals surface area contributed by atoms with Crippen LogP contribution in [0.15, 0.2) is 120 Å². The van der Waals surface area contributed by atoms with Crippen LogP contribution in [0.25, 0.3) is 44.5 Å². The van der Waals surface area contributed by atoms with Crippen LogP contribution >= 0.6 is 0 Å². The second-order valence-electron chi connectivity index (χ2n) is 10.1. The first-order valence-electron chi connectivity index (χ1n) is 13.5. The third kappa shape index (κ3) is 6.54. The number of fused-ring (bicyclic) bond motifs is 3. The van der Waals surface area contributed by atoms with Gasteiger partial charge in [-0.15, -0.1) is 53.6 Å². The fourth-order valence-electron chi connectivity index (χ4n) is 4.75. The van der Waals surface area contributed by atoms with Gasteiger partial charge in [-0.2, -0.15) is 0 Å². The number of halogens is 1. The zero-order valence-electron chi connectivity index (χ0n) is 23.2. The van der Waals surface area contributed by atoms with Gasteiger partial charge >= 0.3 is 0 Å². The second-order valence-corrected chi connectivity index (χ2v) is 10.1. The smallest absolute Gasteiger partial charge is 0.126 e. The van der Waals surface area contributed by atoms with Crippen LogP contribution in [0, 0.1) is 31.8 Å². The van der Waals surface area contributed by atoms with Gasteiger partial charge < -0.3 is 14.4 Å². The molecule has 1 radical (unpaired) electrons. The second kappa shape index (κ2) is 13.0. The molecule has 0 saturated heterocycles. The van der Waals surface area contributed by atoms with Crippen molar-refractivity contribution in [1.82, 2.24) is 9.97 Å². The Balaban J connectivity index is 0.000000200. The van der Waals surface area contributed by atoms with Gasteiger partial charge in [0.2, 0.25) is 0 Å². The number of aromatic nitrogens is 2. The van der Waals surface area contributed by atoms with Crippen molar-refractivity contribution in [3.05, 3.63) is 156 Å². The van der Waals surface area contributed by atoms with E-state index < -0.39 is 0 Å². The van der Waals surface area contributed by atoms with E-state index in [0.29, 0.717) is 11.2 Å². The maximum absolute atomic E-state index is 13.6. The summed E-state index contributed by atoms with van der Waals surface area (Å²) in [4.78, 5) is 8.87. The molecule has 0 aliphatic carbocycles. The molecule has 0 bridgehead atoms. The van der Waals surface area contributed by atoms with Crippen molar-refractivity contribution in [1.29, 1.82) is 0 Å². The van der Waals surface area contributed by atoms with E-state index in [2.05, 4.69) is 59.4 Å². The maximum Gasteiger partial charge on any atom is 0.126 e. The summed E-state index contributed by atoms with van der Waals surface area (Å²) in [6.45, 7) is 4.10. The number of aryl methyl sites for hydroxylation is 2. The van der Waals surface area contributed by atoms with Crippen LogP contribution in [0.5, 0.6) is 0 Å². The zero-order valence-corrected chi connectivity index (χ0v) is 25.6. The summed E-state index contributed by atoms with van der Waals surface area (Å²) < 4.78 is 19.5. The van der Waals surface area contributed by atoms with E-state index >= 15 is 0 Å². The monoisotopic (exact) mass is 727 g/mol. The molecule has 0 aliphatic heterocycles. The Bertz CT molecular complexity index is 1890. The van der Waals surface area contributed by atoms with Crippen molar-refractivity contribution in [2.75, 3.05) is 0 Å². The minimum absolute atomic E-state index is 0. The van der Waals surface area contributed by atoms with E-state index in [1.54, 1.807) is 6.07 Å². The van der Waals surface area contributed by atoms with E-state index in [4.69, 9.17) is 4.42 Å². The molecule has 3 aromatic heterocycles. The molecule has 5 heteroatoms. The van der Waals surface area contributed by atoms with Gasteiger partial charge in [0.05, 0.1) is 5.58 Å². The number of rotatable bonds is 4. The summed E-state index contributed by atoms with van der Waals surface area (Å²) in [5.74, 6) is -0.310. The van der Waals surface area contributed by atoms with Crippen molar-refractivity contribution in [3.63, 3.8) is 0 Å². The first kappa shape index (κ1) is 29.1. The Morgan fingerprint density at radius 3 is 2.33 bits per heavy atom. The molecule has 0 atom stereocenters. The van der Waals surface area contributed by atoms with Crippen molar-refractivity contribution < 1.29 is 28.9 Å². The van der Waals surface area contributed by atoms with E-state index in [1.807, 2.05) is 73.9 Å². The Morgan fingerprint density at radius 2 is 1.57 bits per heavy atom. The van der Waals surface area contributed by atoms with Gasteiger partial charge in [-0.1, -0.05) is 66.4 Å². The molecule has 3 heterocycles. The normalized spacial score (nSPS) is 10.6. The summed E-state index contributed by atoms with van der Waals surface area (Å²) in [5, 5.41) is 1.83. The fourth-order valence-corrected chi connectivity index (χ4v) is 4.75. The summed E-state index contributed by atoms with van der Waals surface area (Å²) in [7, 11) is 0. The number of benzene rings is 4. The molecular formula is C37H27FIrN2O-2. The minimum atomic E-state index is -0.310. The maximum atomic E-state index is 13.6. The first-order chi connectivity index (χ1) is 20.0. The number of hydrogen-bond acceptors (Lipinski definition) is 3. The van der Waals surface area contributed by atoms with E-state index in [-0.39, 0.29) is 25.9 Å². The molecule has 0 unspecified atom stereocenters. The van der Waals surface area contributed by atoms with Gasteiger partial charge in [0, 0.05) is 44.0 Å². The molecule has 42 heavy (non-hydrogen) atoms. The standard InChI is InChI=1S/C24H15FNO.C13H12N.Ir/c25-18-9-10-19-20-7-4-8-21(24(20)27-23(19)15-18)22-14-17(11-12-26-22)13-16-5-2-1-3-6-16;1-10-3-6-12(7-4-10)13-8-5-11(2)9-14-13;/h1-7,9-12,14-15H,13H2;3-6,8-9H,1-2H3;/q2*-1;. The molecule has 4 aromatic carbocycles. The third-order valence-electron chi connectivity index (χ3n) is 6.88. The molecule has 7 rings (SSSR count). The SMILES string of the molecule is Cc1c[c-]c(-c2ccc(C)cn2)cc1.Fc1ccc2c(c1)oc1c(-c3cc(Cc4ccccc4)ccn3)[c-]ccc12.[Ir]. The summed E-state index contributed by atoms with van der Waals surface area (Å²) >= 11 is 0. The molecular weight excluding hydrogens is 700 g/mol. The zero-order chi connectivity index (χ0) is 28.2. The summed E-state index contributed by atoms with van der Waals surface area (Å²) in [5.41, 5.74) is 9.66. The van der Waals surface area contributed by atoms with Crippen LogP contribution in [0.4, 0.5) is 4.39 Å². The predicted molar refractivity (Wildman–Crippen MR) is 163 cm³/mol. The molecule has 7 aromatic rings. The van der Waals surface area contributed by atoms with E-state index in [0.717, 1.165) is 39.7 Å². The molecule has 0 spiro atoms. The quantitative estimate of drug-likeness (QED) is 0.170. The van der Waals surface area contributed by atoms with Gasteiger partial charge in [-0.05, 0) is 59.6 Å². The Morgan fingerprint density at radius 1 is 0.738 bits per heavy atom. The van der Waals surface area contributed by atoms with Crippen LogP contribution in [0.2, 0.25) is 0 Å². The molecule has 209 valence electrons. The molecule has 0 saturated carbocycles. The van der Waals surface area contributed by atoms with Crippen LogP contribution in [0.3, 0.4) is 0 Å². The van der Waals surface area contributed by atoms with Gasteiger partial charge in [-0.25, -0.2) is 4.39 Å². The van der Waals surface area contributed by atoms with Crippen molar-refractivity contribution in [2.45, 2.75) is 20.3 Å². The number of pyridine rings is 2. The minimum Gasteiger partial charge on any atom is -0.500 e. The van der Waals surface area contributed by atoms with E-state index in [1.165, 1.54) is 34.4 Å². The molecule has 0 aliphatic rings. The summed E-state index contributed by atoms with van der Waals surface area (Å²) in [6, 6.07) is 39.5. The van der Waals surface area contributed by atoms with Crippen molar-refractivity contribution >= 4 is 21.9 Å². The van der Waals surface area contributed by atoms with Gasteiger partial charge in [0.25, 0.3) is 0 Å². The Hall–Kier alpha value is -4.44. The molecule has 3 nitrogen and oxygen atoms in total. The summed E-state index contributed by atoms with van der Waals surface area (Å²) in [6.07, 6.45) is 4.52. The first-order valence-corrected chi connectivity index (χ1v) is 13.5. The van der Waals surface area contributed by atoms with E-state index in [9.17, 15) is 4.39 Å². The number of hydrogen-bond donors (Lipinski definition) is 0. The molecule has 0 fully saturated rings. The topological polar surface area (TPSA) is 38.9 Å². The van der Waals surface area contributed by atoms with Crippen LogP contribution in [0.1, 0.15) is 22.3 Å². The Kier molecular flexibility index (Phi) is 9.02. The molecule has 0 amide bonds. The Labute approximate surface area is 258 Å². The van der Waals surface area contributed by atoms with Crippen LogP contribution in [-0.2, 0) is 26.5 Å². The largest absolute Gasteiger partial charge is 0.500 e. The van der Waals surface area contributed by atoms with Crippen LogP contribution in [-0.4, -0.2) is 9.97 Å². The van der Waals surface area contributed by atoms with Gasteiger partial charge in [-0.3, -0.25) is 0 Å². The van der Waals surface area contributed by atoms with Gasteiger partial charge in [0.1, 0.15) is 11.4 Å². The fraction of sp³-hybridized carbons (Fsp3) is 0.0811. The van der Waals surface area contributed by atoms with Crippen LogP contribution < -0.4 is 0 Å². The number of nitrogens with zero attached hydrogens (tertiary/aromatic N) is 2. The van der Waals surface area contributed by atoms with Gasteiger partial charge in [0.15, 0.2) is 0 Å².